The summed E-state index contributed by atoms with van der Waals surface area (Å²) >= 11 is 0. The van der Waals surface area contributed by atoms with Gasteiger partial charge in [-0.2, -0.15) is 0 Å². The first-order valence-corrected chi connectivity index (χ1v) is 7.83. The summed E-state index contributed by atoms with van der Waals surface area (Å²) in [7, 11) is 0. The van der Waals surface area contributed by atoms with E-state index in [4.69, 9.17) is 10.8 Å². The molecule has 1 aromatic carbocycles. The summed E-state index contributed by atoms with van der Waals surface area (Å²) in [4.78, 5) is 26.4. The second kappa shape index (κ2) is 8.50. The van der Waals surface area contributed by atoms with Crippen LogP contribution in [-0.2, 0) is 11.2 Å². The van der Waals surface area contributed by atoms with Gasteiger partial charge < -0.3 is 21.1 Å². The van der Waals surface area contributed by atoms with Gasteiger partial charge in [-0.15, -0.1) is 0 Å². The number of piperazine rings is 1. The minimum Gasteiger partial charge on any atom is -0.465 e. The Morgan fingerprint density at radius 3 is 2.43 bits per heavy atom. The van der Waals surface area contributed by atoms with Gasteiger partial charge in [-0.1, -0.05) is 30.3 Å². The van der Waals surface area contributed by atoms with Crippen LogP contribution >= 0.6 is 0 Å². The van der Waals surface area contributed by atoms with Crippen LogP contribution in [0.5, 0.6) is 0 Å². The minimum atomic E-state index is -0.871. The Bertz CT molecular complexity index is 515. The Morgan fingerprint density at radius 2 is 1.83 bits per heavy atom. The second-order valence-corrected chi connectivity index (χ2v) is 5.70. The normalized spacial score (nSPS) is 16.8. The SMILES string of the molecule is N[C@H](Cc1ccccc1)C(=O)NCCN1CCN(C(=O)O)CC1. The minimum absolute atomic E-state index is 0.155. The highest BCUT2D eigenvalue weighted by molar-refractivity contribution is 5.81. The molecule has 23 heavy (non-hydrogen) atoms. The Labute approximate surface area is 136 Å². The third-order valence-corrected chi connectivity index (χ3v) is 4.01. The van der Waals surface area contributed by atoms with Gasteiger partial charge >= 0.3 is 6.09 Å². The third-order valence-electron chi connectivity index (χ3n) is 4.01. The van der Waals surface area contributed by atoms with E-state index in [9.17, 15) is 9.59 Å². The molecule has 0 spiro atoms. The maximum atomic E-state index is 12.0. The topological polar surface area (TPSA) is 98.9 Å². The summed E-state index contributed by atoms with van der Waals surface area (Å²) in [6.07, 6.45) is -0.353. The first-order chi connectivity index (χ1) is 11.1. The molecule has 0 unspecified atom stereocenters. The van der Waals surface area contributed by atoms with Crippen molar-refractivity contribution in [1.82, 2.24) is 15.1 Å². The Morgan fingerprint density at radius 1 is 1.17 bits per heavy atom. The molecule has 1 aliphatic rings. The molecule has 1 aliphatic heterocycles. The summed E-state index contributed by atoms with van der Waals surface area (Å²) in [5, 5.41) is 11.7. The predicted octanol–water partition coefficient (Wildman–Crippen LogP) is -0.0318. The molecule has 4 N–H and O–H groups in total. The van der Waals surface area contributed by atoms with E-state index >= 15 is 0 Å². The number of nitrogens with two attached hydrogens (primary N) is 1. The zero-order chi connectivity index (χ0) is 16.7. The van der Waals surface area contributed by atoms with Gasteiger partial charge in [-0.25, -0.2) is 4.79 Å². The molecule has 7 nitrogen and oxygen atoms in total. The molecule has 0 saturated carbocycles. The number of rotatable bonds is 6. The van der Waals surface area contributed by atoms with Crippen molar-refractivity contribution in [3.8, 4) is 0 Å². The van der Waals surface area contributed by atoms with Crippen molar-refractivity contribution in [3.63, 3.8) is 0 Å². The van der Waals surface area contributed by atoms with Crippen LogP contribution in [0.3, 0.4) is 0 Å². The van der Waals surface area contributed by atoms with E-state index in [-0.39, 0.29) is 5.91 Å². The van der Waals surface area contributed by atoms with Crippen LogP contribution in [0.15, 0.2) is 30.3 Å². The Kier molecular flexibility index (Phi) is 6.37. The lowest BCUT2D eigenvalue weighted by atomic mass is 10.1. The maximum Gasteiger partial charge on any atom is 0.407 e. The van der Waals surface area contributed by atoms with Crippen molar-refractivity contribution < 1.29 is 14.7 Å². The number of nitrogens with zero attached hydrogens (tertiary/aromatic N) is 2. The first kappa shape index (κ1) is 17.2. The summed E-state index contributed by atoms with van der Waals surface area (Å²) in [6, 6.07) is 9.14. The number of amides is 2. The fraction of sp³-hybridized carbons (Fsp3) is 0.500. The van der Waals surface area contributed by atoms with Crippen LogP contribution in [0, 0.1) is 0 Å². The van der Waals surface area contributed by atoms with E-state index in [1.165, 1.54) is 4.90 Å². The molecule has 2 amide bonds. The second-order valence-electron chi connectivity index (χ2n) is 5.70. The molecule has 1 atom stereocenters. The molecule has 126 valence electrons. The van der Waals surface area contributed by atoms with Gasteiger partial charge in [0.15, 0.2) is 0 Å². The van der Waals surface area contributed by atoms with Crippen LogP contribution < -0.4 is 11.1 Å². The summed E-state index contributed by atoms with van der Waals surface area (Å²) < 4.78 is 0. The molecule has 1 heterocycles. The molecule has 0 bridgehead atoms. The van der Waals surface area contributed by atoms with Crippen molar-refractivity contribution in [2.75, 3.05) is 39.3 Å². The molecular weight excluding hydrogens is 296 g/mol. The van der Waals surface area contributed by atoms with Crippen molar-refractivity contribution >= 4 is 12.0 Å². The van der Waals surface area contributed by atoms with Crippen molar-refractivity contribution in [3.05, 3.63) is 35.9 Å². The van der Waals surface area contributed by atoms with Gasteiger partial charge in [0.25, 0.3) is 0 Å². The van der Waals surface area contributed by atoms with E-state index in [1.54, 1.807) is 0 Å². The molecule has 0 aromatic heterocycles. The predicted molar refractivity (Wildman–Crippen MR) is 87.2 cm³/mol. The Balaban J connectivity index is 1.64. The quantitative estimate of drug-likeness (QED) is 0.683. The summed E-state index contributed by atoms with van der Waals surface area (Å²) in [5.74, 6) is -0.155. The fourth-order valence-electron chi connectivity index (χ4n) is 2.59. The van der Waals surface area contributed by atoms with E-state index < -0.39 is 12.1 Å². The molecule has 2 rings (SSSR count). The molecule has 1 aromatic rings. The van der Waals surface area contributed by atoms with Gasteiger partial charge in [0, 0.05) is 39.3 Å². The number of benzene rings is 1. The lowest BCUT2D eigenvalue weighted by Gasteiger charge is -2.33. The summed E-state index contributed by atoms with van der Waals surface area (Å²) in [5.41, 5.74) is 6.96. The first-order valence-electron chi connectivity index (χ1n) is 7.83. The molecule has 7 heteroatoms. The van der Waals surface area contributed by atoms with Crippen LogP contribution in [0.1, 0.15) is 5.56 Å². The monoisotopic (exact) mass is 320 g/mol. The largest absolute Gasteiger partial charge is 0.465 e. The lowest BCUT2D eigenvalue weighted by Crippen LogP contribution is -2.50. The zero-order valence-electron chi connectivity index (χ0n) is 13.1. The lowest BCUT2D eigenvalue weighted by molar-refractivity contribution is -0.122. The van der Waals surface area contributed by atoms with Crippen LogP contribution in [-0.4, -0.2) is 72.2 Å². The number of nitrogens with one attached hydrogen (secondary N) is 1. The molecule has 0 aliphatic carbocycles. The van der Waals surface area contributed by atoms with Crippen LogP contribution in [0.2, 0.25) is 0 Å². The van der Waals surface area contributed by atoms with Crippen LogP contribution in [0.4, 0.5) is 4.79 Å². The van der Waals surface area contributed by atoms with Gasteiger partial charge in [0.2, 0.25) is 5.91 Å². The number of carbonyl (C=O) groups excluding carboxylic acids is 1. The van der Waals surface area contributed by atoms with Gasteiger partial charge in [-0.05, 0) is 12.0 Å². The fourth-order valence-corrected chi connectivity index (χ4v) is 2.59. The van der Waals surface area contributed by atoms with E-state index in [1.807, 2.05) is 30.3 Å². The molecular formula is C16H24N4O3. The number of carboxylic acid groups (broad SMARTS) is 1. The molecule has 1 fully saturated rings. The van der Waals surface area contributed by atoms with E-state index in [0.29, 0.717) is 45.7 Å². The van der Waals surface area contributed by atoms with Crippen molar-refractivity contribution in [2.24, 2.45) is 5.73 Å². The highest BCUT2D eigenvalue weighted by Gasteiger charge is 2.20. The highest BCUT2D eigenvalue weighted by atomic mass is 16.4. The number of hydrogen-bond donors (Lipinski definition) is 3. The average Bonchev–Trinajstić information content (AvgIpc) is 2.56. The van der Waals surface area contributed by atoms with Gasteiger partial charge in [0.1, 0.15) is 0 Å². The maximum absolute atomic E-state index is 12.0. The number of hydrogen-bond acceptors (Lipinski definition) is 4. The average molecular weight is 320 g/mol. The van der Waals surface area contributed by atoms with E-state index in [0.717, 1.165) is 5.56 Å². The smallest absolute Gasteiger partial charge is 0.407 e. The van der Waals surface area contributed by atoms with Crippen LogP contribution in [0.25, 0.3) is 0 Å². The molecule has 0 radical (unpaired) electrons. The van der Waals surface area contributed by atoms with Crippen molar-refractivity contribution in [2.45, 2.75) is 12.5 Å². The van der Waals surface area contributed by atoms with Gasteiger partial charge in [0.05, 0.1) is 6.04 Å². The van der Waals surface area contributed by atoms with Gasteiger partial charge in [-0.3, -0.25) is 9.69 Å². The van der Waals surface area contributed by atoms with E-state index in [2.05, 4.69) is 10.2 Å². The Hall–Kier alpha value is -2.12. The summed E-state index contributed by atoms with van der Waals surface area (Å²) in [6.45, 7) is 3.63. The number of carbonyl (C=O) groups is 2. The zero-order valence-corrected chi connectivity index (χ0v) is 13.1. The van der Waals surface area contributed by atoms with Crippen molar-refractivity contribution in [1.29, 1.82) is 0 Å². The third kappa shape index (κ3) is 5.54. The highest BCUT2D eigenvalue weighted by Crippen LogP contribution is 2.03. The standard InChI is InChI=1S/C16H24N4O3/c17-14(12-13-4-2-1-3-5-13)15(21)18-6-7-19-8-10-20(11-9-19)16(22)23/h1-5,14H,6-12,17H2,(H,18,21)(H,22,23)/t14-/m1/s1. The molecule has 1 saturated heterocycles.